The number of hydrazine groups is 1. The molecule has 0 aromatic heterocycles. The van der Waals surface area contributed by atoms with Crippen molar-refractivity contribution in [2.24, 2.45) is 5.29 Å². The summed E-state index contributed by atoms with van der Waals surface area (Å²) in [6, 6.07) is 7.69. The van der Waals surface area contributed by atoms with Gasteiger partial charge < -0.3 is 10.1 Å². The standard InChI is InChI=1S/C6H5N3O3/c10-7-8(9(11)12)6-4-2-1-3-5-6/h1-5H. The van der Waals surface area contributed by atoms with Crippen LogP contribution in [0.15, 0.2) is 35.6 Å². The van der Waals surface area contributed by atoms with E-state index in [1.807, 2.05) is 0 Å². The lowest BCUT2D eigenvalue weighted by Crippen LogP contribution is -2.22. The zero-order valence-corrected chi connectivity index (χ0v) is 5.95. The number of anilines is 1. The zero-order chi connectivity index (χ0) is 8.97. The van der Waals surface area contributed by atoms with Gasteiger partial charge >= 0.3 is 5.29 Å². The molecule has 1 aromatic carbocycles. The minimum Gasteiger partial charge on any atom is -0.339 e. The van der Waals surface area contributed by atoms with Crippen LogP contribution in [0.4, 0.5) is 5.69 Å². The van der Waals surface area contributed by atoms with Crippen LogP contribution in [0.1, 0.15) is 0 Å². The third-order valence-electron chi connectivity index (χ3n) is 1.22. The maximum atomic E-state index is 10.2. The second kappa shape index (κ2) is 3.42. The van der Waals surface area contributed by atoms with E-state index in [0.29, 0.717) is 0 Å². The fraction of sp³-hybridized carbons (Fsp3) is 0. The summed E-state index contributed by atoms with van der Waals surface area (Å²) in [6.07, 6.45) is 0. The van der Waals surface area contributed by atoms with E-state index in [-0.39, 0.29) is 10.8 Å². The number of nitro groups is 1. The number of nitroso groups, excluding NO2 is 1. The van der Waals surface area contributed by atoms with Crippen LogP contribution in [0.5, 0.6) is 0 Å². The molecule has 0 amide bonds. The fourth-order valence-electron chi connectivity index (χ4n) is 0.733. The molecule has 0 unspecified atom stereocenters. The van der Waals surface area contributed by atoms with Crippen molar-refractivity contribution in [3.63, 3.8) is 0 Å². The van der Waals surface area contributed by atoms with Gasteiger partial charge in [-0.2, -0.15) is 0 Å². The Balaban J connectivity index is 2.95. The Bertz CT molecular complexity index is 287. The van der Waals surface area contributed by atoms with Crippen molar-refractivity contribution in [3.05, 3.63) is 45.4 Å². The van der Waals surface area contributed by atoms with Gasteiger partial charge in [-0.1, -0.05) is 18.2 Å². The molecule has 0 radical (unpaired) electrons. The third kappa shape index (κ3) is 1.54. The van der Waals surface area contributed by atoms with Gasteiger partial charge in [0.05, 0.1) is 10.2 Å². The molecule has 1 rings (SSSR count). The van der Waals surface area contributed by atoms with Crippen LogP contribution in [0, 0.1) is 15.0 Å². The lowest BCUT2D eigenvalue weighted by molar-refractivity contribution is -0.495. The van der Waals surface area contributed by atoms with Gasteiger partial charge in [0.25, 0.3) is 0 Å². The van der Waals surface area contributed by atoms with Crippen molar-refractivity contribution < 1.29 is 5.03 Å². The normalized spacial score (nSPS) is 9.00. The third-order valence-corrected chi connectivity index (χ3v) is 1.22. The van der Waals surface area contributed by atoms with E-state index in [2.05, 4.69) is 5.29 Å². The monoisotopic (exact) mass is 167 g/mol. The van der Waals surface area contributed by atoms with E-state index in [0.717, 1.165) is 0 Å². The number of hydrogen-bond donors (Lipinski definition) is 0. The summed E-state index contributed by atoms with van der Waals surface area (Å²) >= 11 is 0. The van der Waals surface area contributed by atoms with Gasteiger partial charge in [0.1, 0.15) is 5.69 Å². The van der Waals surface area contributed by atoms with Crippen LogP contribution in [0.3, 0.4) is 0 Å². The summed E-state index contributed by atoms with van der Waals surface area (Å²) in [5, 5.41) is 11.7. The van der Waals surface area contributed by atoms with Crippen molar-refractivity contribution in [1.82, 2.24) is 0 Å². The highest BCUT2D eigenvalue weighted by molar-refractivity contribution is 5.41. The van der Waals surface area contributed by atoms with Crippen LogP contribution >= 0.6 is 0 Å². The molecule has 0 saturated heterocycles. The van der Waals surface area contributed by atoms with Gasteiger partial charge in [-0.15, -0.1) is 0 Å². The molecule has 0 aliphatic rings. The fourth-order valence-corrected chi connectivity index (χ4v) is 0.733. The predicted molar refractivity (Wildman–Crippen MR) is 41.7 cm³/mol. The van der Waals surface area contributed by atoms with Crippen LogP contribution in [0.25, 0.3) is 0 Å². The van der Waals surface area contributed by atoms with E-state index in [1.54, 1.807) is 18.2 Å². The molecule has 0 atom stereocenters. The van der Waals surface area contributed by atoms with Gasteiger partial charge in [-0.3, -0.25) is 0 Å². The first-order valence-electron chi connectivity index (χ1n) is 3.08. The van der Waals surface area contributed by atoms with E-state index in [9.17, 15) is 15.0 Å². The summed E-state index contributed by atoms with van der Waals surface area (Å²) in [4.78, 5) is 20.1. The molecule has 0 spiro atoms. The van der Waals surface area contributed by atoms with E-state index < -0.39 is 5.03 Å². The van der Waals surface area contributed by atoms with Crippen LogP contribution in [-0.2, 0) is 0 Å². The highest BCUT2D eigenvalue weighted by Crippen LogP contribution is 2.12. The quantitative estimate of drug-likeness (QED) is 0.387. The Morgan fingerprint density at radius 2 is 1.92 bits per heavy atom. The maximum Gasteiger partial charge on any atom is 0.315 e. The molecule has 0 saturated carbocycles. The lowest BCUT2D eigenvalue weighted by atomic mass is 10.3. The van der Waals surface area contributed by atoms with Crippen molar-refractivity contribution in [2.75, 3.05) is 5.12 Å². The van der Waals surface area contributed by atoms with Gasteiger partial charge in [-0.05, 0) is 12.1 Å². The second-order valence-corrected chi connectivity index (χ2v) is 1.94. The Morgan fingerprint density at radius 1 is 1.33 bits per heavy atom. The molecule has 12 heavy (non-hydrogen) atoms. The van der Waals surface area contributed by atoms with Crippen LogP contribution < -0.4 is 5.12 Å². The second-order valence-electron chi connectivity index (χ2n) is 1.94. The van der Waals surface area contributed by atoms with Crippen LogP contribution in [0.2, 0.25) is 0 Å². The minimum absolute atomic E-state index is 0.137. The molecule has 0 bridgehead atoms. The lowest BCUT2D eigenvalue weighted by Gasteiger charge is -2.03. The summed E-state index contributed by atoms with van der Waals surface area (Å²) in [5.41, 5.74) is 0.137. The predicted octanol–water partition coefficient (Wildman–Crippen LogP) is 1.37. The van der Waals surface area contributed by atoms with Crippen molar-refractivity contribution in [1.29, 1.82) is 0 Å². The largest absolute Gasteiger partial charge is 0.339 e. The number of hydrogen-bond acceptors (Lipinski definition) is 4. The van der Waals surface area contributed by atoms with Gasteiger partial charge in [-0.25, -0.2) is 0 Å². The Labute approximate surface area is 67.5 Å². The number of benzene rings is 1. The molecular formula is C6H5N3O3. The summed E-state index contributed by atoms with van der Waals surface area (Å²) in [5.74, 6) is 0. The molecule has 0 aliphatic carbocycles. The Morgan fingerprint density at radius 3 is 2.33 bits per heavy atom. The van der Waals surface area contributed by atoms with E-state index in [4.69, 9.17) is 0 Å². The summed E-state index contributed by atoms with van der Waals surface area (Å²) in [6.45, 7) is 0. The minimum atomic E-state index is -0.887. The van der Waals surface area contributed by atoms with Crippen molar-refractivity contribution >= 4 is 5.69 Å². The number of nitrogens with zero attached hydrogens (tertiary/aromatic N) is 3. The first-order valence-corrected chi connectivity index (χ1v) is 3.08. The smallest absolute Gasteiger partial charge is 0.315 e. The van der Waals surface area contributed by atoms with Gasteiger partial charge in [0.2, 0.25) is 0 Å². The molecular weight excluding hydrogens is 162 g/mol. The molecule has 6 heteroatoms. The first kappa shape index (κ1) is 8.12. The van der Waals surface area contributed by atoms with E-state index >= 15 is 0 Å². The molecule has 0 fully saturated rings. The van der Waals surface area contributed by atoms with Gasteiger partial charge in [0, 0.05) is 4.91 Å². The molecule has 0 heterocycles. The highest BCUT2D eigenvalue weighted by Gasteiger charge is 2.16. The zero-order valence-electron chi connectivity index (χ0n) is 5.95. The van der Waals surface area contributed by atoms with Crippen molar-refractivity contribution in [2.45, 2.75) is 0 Å². The Kier molecular flexibility index (Phi) is 2.32. The summed E-state index contributed by atoms with van der Waals surface area (Å²) < 4.78 is 0. The van der Waals surface area contributed by atoms with Crippen molar-refractivity contribution in [3.8, 4) is 0 Å². The molecule has 62 valence electrons. The highest BCUT2D eigenvalue weighted by atomic mass is 16.7. The number of para-hydroxylation sites is 1. The maximum absolute atomic E-state index is 10.2. The Hall–Kier alpha value is -1.98. The molecule has 6 nitrogen and oxygen atoms in total. The van der Waals surface area contributed by atoms with Gasteiger partial charge in [0.15, 0.2) is 0 Å². The van der Waals surface area contributed by atoms with E-state index in [1.165, 1.54) is 12.1 Å². The molecule has 0 aliphatic heterocycles. The van der Waals surface area contributed by atoms with Crippen LogP contribution in [-0.4, -0.2) is 5.03 Å². The SMILES string of the molecule is O=NN(c1ccccc1)[N+](=O)[O-]. The molecule has 0 N–H and O–H groups in total. The average Bonchev–Trinajstić information content (AvgIpc) is 2.07. The average molecular weight is 167 g/mol. The first-order chi connectivity index (χ1) is 5.75. The topological polar surface area (TPSA) is 75.8 Å². The molecule has 1 aromatic rings. The summed E-state index contributed by atoms with van der Waals surface area (Å²) in [7, 11) is 0. The number of rotatable bonds is 3.